The van der Waals surface area contributed by atoms with Gasteiger partial charge >= 0.3 is 0 Å². The Balaban J connectivity index is 1.08. The average Bonchev–Trinajstić information content (AvgIpc) is 3.86. The molecule has 3 aromatic heterocycles. The van der Waals surface area contributed by atoms with Crippen molar-refractivity contribution in [2.75, 3.05) is 0 Å². The molecule has 0 aliphatic heterocycles. The van der Waals surface area contributed by atoms with Crippen molar-refractivity contribution < 1.29 is 13.3 Å². The molecule has 3 heterocycles. The van der Waals surface area contributed by atoms with Crippen molar-refractivity contribution >= 4 is 65.8 Å². The smallest absolute Gasteiger partial charge is 0.178 e. The first-order valence-electron chi connectivity index (χ1n) is 15.7. The molecule has 7 aromatic carbocycles. The van der Waals surface area contributed by atoms with Gasteiger partial charge in [-0.25, -0.2) is 0 Å². The molecule has 0 amide bonds. The Morgan fingerprint density at radius 1 is 0.348 bits per heavy atom. The normalized spacial score (nSPS) is 13.1. The molecular formula is C43H24O3. The second kappa shape index (κ2) is 8.77. The summed E-state index contributed by atoms with van der Waals surface area (Å²) < 4.78 is 19.4. The number of hydrogen-bond acceptors (Lipinski definition) is 3. The zero-order chi connectivity index (χ0) is 29.9. The highest BCUT2D eigenvalue weighted by Gasteiger charge is 2.30. The van der Waals surface area contributed by atoms with E-state index in [-0.39, 0.29) is 5.92 Å². The molecule has 3 nitrogen and oxygen atoms in total. The van der Waals surface area contributed by atoms with E-state index in [1.54, 1.807) is 0 Å². The van der Waals surface area contributed by atoms with Crippen LogP contribution in [-0.2, 0) is 0 Å². The van der Waals surface area contributed by atoms with Crippen LogP contribution in [0.2, 0.25) is 0 Å². The quantitative estimate of drug-likeness (QED) is 0.202. The molecule has 3 heteroatoms. The van der Waals surface area contributed by atoms with E-state index in [1.165, 1.54) is 27.8 Å². The van der Waals surface area contributed by atoms with E-state index in [0.717, 1.165) is 76.9 Å². The minimum absolute atomic E-state index is 0.186. The third-order valence-corrected chi connectivity index (χ3v) is 9.98. The van der Waals surface area contributed by atoms with E-state index in [4.69, 9.17) is 13.3 Å². The molecule has 0 bridgehead atoms. The molecule has 46 heavy (non-hydrogen) atoms. The molecule has 0 N–H and O–H groups in total. The summed E-state index contributed by atoms with van der Waals surface area (Å²) in [4.78, 5) is 0. The Morgan fingerprint density at radius 3 is 1.65 bits per heavy atom. The number of rotatable bonds is 2. The lowest BCUT2D eigenvalue weighted by Crippen LogP contribution is -1.98. The zero-order valence-electron chi connectivity index (χ0n) is 24.6. The van der Waals surface area contributed by atoms with Crippen LogP contribution in [0.25, 0.3) is 88.1 Å². The topological polar surface area (TPSA) is 39.4 Å². The minimum atomic E-state index is 0.186. The number of benzene rings is 7. The summed E-state index contributed by atoms with van der Waals surface area (Å²) in [6.45, 7) is 0. The molecular weight excluding hydrogens is 564 g/mol. The van der Waals surface area contributed by atoms with E-state index >= 15 is 0 Å². The van der Waals surface area contributed by atoms with Crippen LogP contribution >= 0.6 is 0 Å². The van der Waals surface area contributed by atoms with Crippen LogP contribution in [0.4, 0.5) is 0 Å². The van der Waals surface area contributed by atoms with Crippen molar-refractivity contribution in [2.45, 2.75) is 5.92 Å². The van der Waals surface area contributed by atoms with Crippen LogP contribution in [0.1, 0.15) is 22.6 Å². The number of para-hydroxylation sites is 2. The first-order chi connectivity index (χ1) is 22.8. The third-order valence-electron chi connectivity index (χ3n) is 9.98. The maximum Gasteiger partial charge on any atom is 0.178 e. The van der Waals surface area contributed by atoms with Gasteiger partial charge in [-0.05, 0) is 75.8 Å². The molecule has 0 atom stereocenters. The van der Waals surface area contributed by atoms with Crippen LogP contribution in [0.3, 0.4) is 0 Å². The maximum absolute atomic E-state index is 6.55. The van der Waals surface area contributed by atoms with Crippen molar-refractivity contribution in [3.8, 4) is 22.3 Å². The van der Waals surface area contributed by atoms with Crippen molar-refractivity contribution in [1.82, 2.24) is 0 Å². The molecule has 0 fully saturated rings. The van der Waals surface area contributed by atoms with Crippen molar-refractivity contribution in [2.24, 2.45) is 0 Å². The second-order valence-electron chi connectivity index (χ2n) is 12.4. The van der Waals surface area contributed by atoms with Gasteiger partial charge in [-0.2, -0.15) is 0 Å². The lowest BCUT2D eigenvalue weighted by Gasteiger charge is -2.14. The first kappa shape index (κ1) is 24.3. The summed E-state index contributed by atoms with van der Waals surface area (Å²) in [5, 5.41) is 6.52. The first-order valence-corrected chi connectivity index (χ1v) is 15.7. The molecule has 0 saturated carbocycles. The van der Waals surface area contributed by atoms with Crippen molar-refractivity contribution in [3.63, 3.8) is 0 Å². The summed E-state index contributed by atoms with van der Waals surface area (Å²) in [7, 11) is 0. The highest BCUT2D eigenvalue weighted by atomic mass is 16.4. The molecule has 214 valence electrons. The monoisotopic (exact) mass is 588 g/mol. The summed E-state index contributed by atoms with van der Waals surface area (Å²) in [5.74, 6) is 0.186. The second-order valence-corrected chi connectivity index (χ2v) is 12.4. The van der Waals surface area contributed by atoms with Crippen LogP contribution in [0.15, 0.2) is 153 Å². The highest BCUT2D eigenvalue weighted by Crippen LogP contribution is 2.49. The van der Waals surface area contributed by atoms with E-state index in [0.29, 0.717) is 0 Å². The maximum atomic E-state index is 6.55. The van der Waals surface area contributed by atoms with E-state index in [9.17, 15) is 0 Å². The van der Waals surface area contributed by atoms with Crippen LogP contribution < -0.4 is 0 Å². The predicted molar refractivity (Wildman–Crippen MR) is 187 cm³/mol. The van der Waals surface area contributed by atoms with Gasteiger partial charge < -0.3 is 13.3 Å². The van der Waals surface area contributed by atoms with Gasteiger partial charge in [-0.3, -0.25) is 0 Å². The molecule has 0 radical (unpaired) electrons. The standard InChI is InChI=1S/C43H24O3/c1-3-11-30-27(8-1)28-9-2-4-12-31(28)40(30)25-17-21-39-36(23-25)34-19-18-33-35-22-24(16-20-38(35)45-42(33)43(34)46-39)26-13-7-14-32-29-10-5-6-15-37(29)44-41(26)32/h1-23,40H. The molecule has 0 spiro atoms. The predicted octanol–water partition coefficient (Wildman–Crippen LogP) is 12.2. The van der Waals surface area contributed by atoms with E-state index in [1.807, 2.05) is 12.1 Å². The van der Waals surface area contributed by atoms with E-state index < -0.39 is 0 Å². The van der Waals surface area contributed by atoms with E-state index in [2.05, 4.69) is 127 Å². The Labute approximate surface area is 262 Å². The van der Waals surface area contributed by atoms with Crippen LogP contribution in [-0.4, -0.2) is 0 Å². The third kappa shape index (κ3) is 3.16. The van der Waals surface area contributed by atoms with Gasteiger partial charge in [0, 0.05) is 43.8 Å². The zero-order valence-corrected chi connectivity index (χ0v) is 24.6. The van der Waals surface area contributed by atoms with Gasteiger partial charge in [0.15, 0.2) is 11.2 Å². The number of fused-ring (bicyclic) bond motifs is 13. The average molecular weight is 589 g/mol. The number of furan rings is 3. The summed E-state index contributed by atoms with van der Waals surface area (Å²) in [6, 6.07) is 49.5. The van der Waals surface area contributed by atoms with Gasteiger partial charge in [0.25, 0.3) is 0 Å². The van der Waals surface area contributed by atoms with Crippen LogP contribution in [0, 0.1) is 0 Å². The number of hydrogen-bond donors (Lipinski definition) is 0. The van der Waals surface area contributed by atoms with Crippen LogP contribution in [0.5, 0.6) is 0 Å². The molecule has 0 saturated heterocycles. The Kier molecular flexibility index (Phi) is 4.63. The largest absolute Gasteiger partial charge is 0.455 e. The van der Waals surface area contributed by atoms with Crippen molar-refractivity contribution in [1.29, 1.82) is 0 Å². The Bertz CT molecular complexity index is 2830. The fourth-order valence-corrected chi connectivity index (χ4v) is 7.92. The van der Waals surface area contributed by atoms with Gasteiger partial charge in [0.2, 0.25) is 0 Å². The fourth-order valence-electron chi connectivity index (χ4n) is 7.92. The SMILES string of the molecule is c1ccc2c(c1)-c1ccccc1C2c1ccc2oc3c(ccc4c5cc(-c6cccc7c6oc6ccccc67)ccc5oc43)c2c1. The molecule has 10 aromatic rings. The van der Waals surface area contributed by atoms with Gasteiger partial charge in [-0.15, -0.1) is 0 Å². The summed E-state index contributed by atoms with van der Waals surface area (Å²) in [5.41, 5.74) is 13.8. The van der Waals surface area contributed by atoms with Gasteiger partial charge in [-0.1, -0.05) is 97.1 Å². The fraction of sp³-hybridized carbons (Fsp3) is 0.0233. The lowest BCUT2D eigenvalue weighted by molar-refractivity contribution is 0.633. The molecule has 1 aliphatic carbocycles. The molecule has 11 rings (SSSR count). The summed E-state index contributed by atoms with van der Waals surface area (Å²) >= 11 is 0. The van der Waals surface area contributed by atoms with Gasteiger partial charge in [0.05, 0.1) is 0 Å². The summed E-state index contributed by atoms with van der Waals surface area (Å²) in [6.07, 6.45) is 0. The highest BCUT2D eigenvalue weighted by molar-refractivity contribution is 6.19. The van der Waals surface area contributed by atoms with Crippen molar-refractivity contribution in [3.05, 3.63) is 156 Å². The Morgan fingerprint density at radius 2 is 0.891 bits per heavy atom. The van der Waals surface area contributed by atoms with Gasteiger partial charge in [0.1, 0.15) is 22.3 Å². The lowest BCUT2D eigenvalue weighted by atomic mass is 9.88. The minimum Gasteiger partial charge on any atom is -0.455 e. The molecule has 0 unspecified atom stereocenters. The Hall–Kier alpha value is -6.06. The molecule has 1 aliphatic rings.